The van der Waals surface area contributed by atoms with Gasteiger partial charge in [-0.1, -0.05) is 15.9 Å². The fourth-order valence-corrected chi connectivity index (χ4v) is 4.35. The molecule has 2 N–H and O–H groups in total. The number of fused-ring (bicyclic) bond motifs is 1. The van der Waals surface area contributed by atoms with Gasteiger partial charge in [-0.3, -0.25) is 25.0 Å². The molecule has 29 heavy (non-hydrogen) atoms. The number of likely N-dealkylation sites (tertiary alicyclic amines) is 1. The highest BCUT2D eigenvalue weighted by Crippen LogP contribution is 2.33. The molecule has 1 unspecified atom stereocenters. The Morgan fingerprint density at radius 3 is 2.93 bits per heavy atom. The number of pyridine rings is 1. The number of H-pyrrole nitrogens is 1. The molecule has 3 heterocycles. The molecule has 1 aliphatic heterocycles. The van der Waals surface area contributed by atoms with Crippen molar-refractivity contribution < 1.29 is 9.72 Å². The van der Waals surface area contributed by atoms with Crippen molar-refractivity contribution in [2.45, 2.75) is 26.3 Å². The first-order valence-corrected chi connectivity index (χ1v) is 9.93. The van der Waals surface area contributed by atoms with Crippen molar-refractivity contribution in [2.24, 2.45) is 0 Å². The largest absolute Gasteiger partial charge is 0.375 e. The van der Waals surface area contributed by atoms with Crippen LogP contribution in [0.5, 0.6) is 0 Å². The van der Waals surface area contributed by atoms with Crippen molar-refractivity contribution in [3.8, 4) is 0 Å². The van der Waals surface area contributed by atoms with Gasteiger partial charge in [-0.2, -0.15) is 5.10 Å². The Morgan fingerprint density at radius 2 is 2.17 bits per heavy atom. The third-order valence-electron chi connectivity index (χ3n) is 5.18. The predicted octanol–water partition coefficient (Wildman–Crippen LogP) is 3.57. The molecule has 1 fully saturated rings. The number of hydrogen-bond acceptors (Lipinski definition) is 6. The molecule has 150 valence electrons. The topological polar surface area (TPSA) is 117 Å². The summed E-state index contributed by atoms with van der Waals surface area (Å²) < 4.78 is 0.659. The van der Waals surface area contributed by atoms with E-state index in [1.807, 2.05) is 19.9 Å². The second-order valence-electron chi connectivity index (χ2n) is 7.17. The summed E-state index contributed by atoms with van der Waals surface area (Å²) in [4.78, 5) is 30.0. The van der Waals surface area contributed by atoms with E-state index in [9.17, 15) is 14.9 Å². The van der Waals surface area contributed by atoms with E-state index in [1.54, 1.807) is 17.3 Å². The molecular formula is C19H19BrN6O3. The molecule has 1 saturated heterocycles. The molecule has 10 heteroatoms. The maximum Gasteiger partial charge on any atom is 0.293 e. The monoisotopic (exact) mass is 458 g/mol. The number of carbonyl (C=O) groups excluding carboxylic acids is 1. The summed E-state index contributed by atoms with van der Waals surface area (Å²) in [6.07, 6.45) is 3.92. The summed E-state index contributed by atoms with van der Waals surface area (Å²) >= 11 is 3.31. The number of carbonyl (C=O) groups is 1. The number of halogens is 1. The number of amides is 1. The Hall–Kier alpha value is -3.01. The molecule has 0 saturated carbocycles. The van der Waals surface area contributed by atoms with Crippen LogP contribution in [-0.4, -0.2) is 50.0 Å². The second-order valence-corrected chi connectivity index (χ2v) is 8.09. The fraction of sp³-hybridized carbons (Fsp3) is 0.316. The number of aromatic nitrogens is 3. The van der Waals surface area contributed by atoms with Crippen molar-refractivity contribution in [2.75, 3.05) is 18.4 Å². The molecule has 0 bridgehead atoms. The number of nitrogens with zero attached hydrogens (tertiary/aromatic N) is 4. The summed E-state index contributed by atoms with van der Waals surface area (Å²) in [5, 5.41) is 22.5. The summed E-state index contributed by atoms with van der Waals surface area (Å²) in [5.74, 6) is -0.112. The maximum atomic E-state index is 13.1. The standard InChI is InChI=1S/C19H19BrN6O3/c1-10-5-12(20)6-16(26(28)29)18(10)22-13-3-4-25(9-13)19(27)14-7-21-8-15-17(14)11(2)23-24-15/h5-8,13,22H,3-4,9H2,1-2H3,(H,23,24). The number of hydrogen-bond donors (Lipinski definition) is 2. The van der Waals surface area contributed by atoms with Crippen LogP contribution in [0.25, 0.3) is 10.9 Å². The lowest BCUT2D eigenvalue weighted by Gasteiger charge is -2.19. The molecule has 9 nitrogen and oxygen atoms in total. The van der Waals surface area contributed by atoms with Gasteiger partial charge in [-0.05, 0) is 31.9 Å². The number of benzene rings is 1. The van der Waals surface area contributed by atoms with Crippen LogP contribution in [-0.2, 0) is 0 Å². The highest BCUT2D eigenvalue weighted by atomic mass is 79.9. The van der Waals surface area contributed by atoms with Crippen LogP contribution in [0.3, 0.4) is 0 Å². The average Bonchev–Trinajstić information content (AvgIpc) is 3.30. The molecule has 0 spiro atoms. The quantitative estimate of drug-likeness (QED) is 0.455. The summed E-state index contributed by atoms with van der Waals surface area (Å²) in [6.45, 7) is 4.69. The third-order valence-corrected chi connectivity index (χ3v) is 5.64. The van der Waals surface area contributed by atoms with Gasteiger partial charge in [0.25, 0.3) is 11.6 Å². The van der Waals surface area contributed by atoms with Crippen molar-refractivity contribution in [1.29, 1.82) is 0 Å². The molecule has 3 aromatic rings. The van der Waals surface area contributed by atoms with E-state index < -0.39 is 4.92 Å². The number of aryl methyl sites for hydroxylation is 2. The van der Waals surface area contributed by atoms with Crippen LogP contribution in [0.2, 0.25) is 0 Å². The molecule has 0 radical (unpaired) electrons. The third kappa shape index (κ3) is 3.55. The highest BCUT2D eigenvalue weighted by Gasteiger charge is 2.30. The summed E-state index contributed by atoms with van der Waals surface area (Å²) in [5.41, 5.74) is 3.28. The van der Waals surface area contributed by atoms with E-state index in [0.717, 1.165) is 22.2 Å². The van der Waals surface area contributed by atoms with Crippen LogP contribution in [0.4, 0.5) is 11.4 Å². The van der Waals surface area contributed by atoms with Gasteiger partial charge >= 0.3 is 0 Å². The Labute approximate surface area is 174 Å². The van der Waals surface area contributed by atoms with Crippen LogP contribution >= 0.6 is 15.9 Å². The van der Waals surface area contributed by atoms with Gasteiger partial charge in [0.05, 0.1) is 27.9 Å². The minimum absolute atomic E-state index is 0.0182. The molecule has 1 atom stereocenters. The van der Waals surface area contributed by atoms with Crippen molar-refractivity contribution >= 4 is 44.1 Å². The van der Waals surface area contributed by atoms with Gasteiger partial charge in [0, 0.05) is 41.3 Å². The van der Waals surface area contributed by atoms with Gasteiger partial charge < -0.3 is 10.2 Å². The lowest BCUT2D eigenvalue weighted by Crippen LogP contribution is -2.32. The molecule has 2 aromatic heterocycles. The number of nitro groups is 1. The SMILES string of the molecule is Cc1cc(Br)cc([N+](=O)[O-])c1NC1CCN(C(=O)c2cncc3[nH]nc(C)c23)C1. The fourth-order valence-electron chi connectivity index (χ4n) is 3.79. The average molecular weight is 459 g/mol. The zero-order valence-corrected chi connectivity index (χ0v) is 17.5. The van der Waals surface area contributed by atoms with Crippen molar-refractivity contribution in [3.63, 3.8) is 0 Å². The van der Waals surface area contributed by atoms with Gasteiger partial charge in [-0.25, -0.2) is 0 Å². The zero-order valence-electron chi connectivity index (χ0n) is 15.9. The number of anilines is 1. The smallest absolute Gasteiger partial charge is 0.293 e. The first kappa shape index (κ1) is 19.3. The first-order chi connectivity index (χ1) is 13.8. The molecule has 1 aromatic carbocycles. The Morgan fingerprint density at radius 1 is 1.38 bits per heavy atom. The van der Waals surface area contributed by atoms with E-state index in [0.29, 0.717) is 35.2 Å². The highest BCUT2D eigenvalue weighted by molar-refractivity contribution is 9.10. The number of aromatic amines is 1. The lowest BCUT2D eigenvalue weighted by molar-refractivity contribution is -0.384. The van der Waals surface area contributed by atoms with Crippen LogP contribution < -0.4 is 5.32 Å². The maximum absolute atomic E-state index is 13.1. The number of nitrogens with one attached hydrogen (secondary N) is 2. The van der Waals surface area contributed by atoms with Crippen LogP contribution in [0, 0.1) is 24.0 Å². The van der Waals surface area contributed by atoms with Gasteiger partial charge in [0.1, 0.15) is 5.69 Å². The van der Waals surface area contributed by atoms with Crippen LogP contribution in [0.15, 0.2) is 29.0 Å². The summed E-state index contributed by atoms with van der Waals surface area (Å²) in [6, 6.07) is 3.25. The normalized spacial score (nSPS) is 16.4. The van der Waals surface area contributed by atoms with E-state index in [-0.39, 0.29) is 17.6 Å². The zero-order chi connectivity index (χ0) is 20.7. The van der Waals surface area contributed by atoms with E-state index in [4.69, 9.17) is 0 Å². The van der Waals surface area contributed by atoms with E-state index >= 15 is 0 Å². The van der Waals surface area contributed by atoms with Gasteiger partial charge in [0.15, 0.2) is 0 Å². The van der Waals surface area contributed by atoms with Gasteiger partial charge in [-0.15, -0.1) is 0 Å². The van der Waals surface area contributed by atoms with Crippen molar-refractivity contribution in [3.05, 3.63) is 55.9 Å². The predicted molar refractivity (Wildman–Crippen MR) is 112 cm³/mol. The summed E-state index contributed by atoms with van der Waals surface area (Å²) in [7, 11) is 0. The minimum atomic E-state index is -0.397. The first-order valence-electron chi connectivity index (χ1n) is 9.14. The second kappa shape index (κ2) is 7.43. The van der Waals surface area contributed by atoms with Gasteiger partial charge in [0.2, 0.25) is 0 Å². The molecular weight excluding hydrogens is 440 g/mol. The number of rotatable bonds is 4. The van der Waals surface area contributed by atoms with E-state index in [1.165, 1.54) is 6.07 Å². The number of nitro benzene ring substituents is 1. The molecule has 4 rings (SSSR count). The molecule has 1 amide bonds. The minimum Gasteiger partial charge on any atom is -0.375 e. The Kier molecular flexibility index (Phi) is 4.95. The van der Waals surface area contributed by atoms with Crippen LogP contribution in [0.1, 0.15) is 28.0 Å². The Bertz CT molecular complexity index is 1130. The molecule has 1 aliphatic rings. The lowest BCUT2D eigenvalue weighted by atomic mass is 10.1. The van der Waals surface area contributed by atoms with Crippen molar-refractivity contribution in [1.82, 2.24) is 20.1 Å². The Balaban J connectivity index is 1.55. The molecule has 0 aliphatic carbocycles. The van der Waals surface area contributed by atoms with E-state index in [2.05, 4.69) is 36.4 Å².